The molecule has 0 aromatic heterocycles. The Morgan fingerprint density at radius 3 is 1.85 bits per heavy atom. The Hall–Kier alpha value is 0.387. The highest BCUT2D eigenvalue weighted by molar-refractivity contribution is 6.60. The van der Waals surface area contributed by atoms with E-state index in [1.165, 1.54) is 0 Å². The number of rotatable bonds is 7. The van der Waals surface area contributed by atoms with Crippen molar-refractivity contribution in [3.8, 4) is 0 Å². The van der Waals surface area contributed by atoms with E-state index in [-0.39, 0.29) is 0 Å². The number of hydrogen-bond donors (Lipinski definition) is 0. The minimum Gasteiger partial charge on any atom is -0.377 e. The molecule has 5 heteroatoms. The molecule has 0 aliphatic heterocycles. The van der Waals surface area contributed by atoms with Crippen LogP contribution in [-0.4, -0.2) is 36.0 Å². The topological polar surface area (TPSA) is 27.7 Å². The van der Waals surface area contributed by atoms with E-state index in [1.807, 2.05) is 0 Å². The van der Waals surface area contributed by atoms with E-state index in [0.29, 0.717) is 11.8 Å². The van der Waals surface area contributed by atoms with Crippen LogP contribution in [0.15, 0.2) is 0 Å². The Morgan fingerprint density at radius 2 is 1.62 bits per heavy atom. The molecule has 3 nitrogen and oxygen atoms in total. The van der Waals surface area contributed by atoms with Crippen LogP contribution in [0.5, 0.6) is 0 Å². The van der Waals surface area contributed by atoms with Crippen LogP contribution < -0.4 is 0 Å². The highest BCUT2D eigenvalue weighted by Crippen LogP contribution is 2.22. The third-order valence-corrected chi connectivity index (χ3v) is 5.65. The molecule has 0 radical (unpaired) electrons. The average Bonchev–Trinajstić information content (AvgIpc) is 2.21. The van der Waals surface area contributed by atoms with Gasteiger partial charge in [0.1, 0.15) is 0 Å². The van der Waals surface area contributed by atoms with E-state index >= 15 is 0 Å². The summed E-state index contributed by atoms with van der Waals surface area (Å²) >= 11 is 5.80. The van der Waals surface area contributed by atoms with Gasteiger partial charge in [-0.25, -0.2) is 0 Å². The van der Waals surface area contributed by atoms with Crippen LogP contribution in [0.25, 0.3) is 0 Å². The fourth-order valence-electron chi connectivity index (χ4n) is 1.16. The molecule has 0 saturated heterocycles. The van der Waals surface area contributed by atoms with E-state index in [2.05, 4.69) is 6.92 Å². The average molecular weight is 227 g/mol. The lowest BCUT2D eigenvalue weighted by molar-refractivity contribution is 0.119. The zero-order chi connectivity index (χ0) is 10.3. The number of hydrogen-bond acceptors (Lipinski definition) is 3. The fraction of sp³-hybridized carbons (Fsp3) is 1.00. The molecule has 1 atom stereocenters. The van der Waals surface area contributed by atoms with Crippen LogP contribution >= 0.6 is 11.6 Å². The molecule has 13 heavy (non-hydrogen) atoms. The summed E-state index contributed by atoms with van der Waals surface area (Å²) in [5, 5.41) is 0. The molecule has 0 heterocycles. The predicted molar refractivity (Wildman–Crippen MR) is 56.1 cm³/mol. The lowest BCUT2D eigenvalue weighted by Gasteiger charge is -2.27. The molecule has 0 N–H and O–H groups in total. The van der Waals surface area contributed by atoms with Crippen LogP contribution in [0, 0.1) is 5.92 Å². The molecule has 0 bridgehead atoms. The molecule has 0 saturated carbocycles. The maximum absolute atomic E-state index is 5.80. The van der Waals surface area contributed by atoms with E-state index < -0.39 is 8.80 Å². The summed E-state index contributed by atoms with van der Waals surface area (Å²) < 4.78 is 15.9. The van der Waals surface area contributed by atoms with Crippen molar-refractivity contribution in [1.82, 2.24) is 0 Å². The standard InChI is InChI=1S/C8H19ClO3Si/c1-5-8(6-9)7-13(10-2,11-3)12-4/h8H,5-7H2,1-4H3. The van der Waals surface area contributed by atoms with Gasteiger partial charge in [-0.1, -0.05) is 13.3 Å². The van der Waals surface area contributed by atoms with Crippen molar-refractivity contribution in [3.05, 3.63) is 0 Å². The third kappa shape index (κ3) is 3.95. The summed E-state index contributed by atoms with van der Waals surface area (Å²) in [6.07, 6.45) is 1.02. The lowest BCUT2D eigenvalue weighted by Crippen LogP contribution is -2.44. The van der Waals surface area contributed by atoms with Gasteiger partial charge < -0.3 is 13.3 Å². The van der Waals surface area contributed by atoms with Crippen LogP contribution in [0.4, 0.5) is 0 Å². The van der Waals surface area contributed by atoms with Crippen molar-refractivity contribution < 1.29 is 13.3 Å². The molecule has 80 valence electrons. The molecule has 0 aromatic rings. The normalized spacial score (nSPS) is 14.5. The Balaban J connectivity index is 4.21. The lowest BCUT2D eigenvalue weighted by atomic mass is 10.2. The molecule has 0 amide bonds. The molecular formula is C8H19ClO3Si. The molecule has 0 aliphatic rings. The Kier molecular flexibility index (Phi) is 6.99. The first-order valence-corrected chi connectivity index (χ1v) is 6.86. The maximum Gasteiger partial charge on any atom is 0.500 e. The number of halogens is 1. The number of alkyl halides is 1. The van der Waals surface area contributed by atoms with E-state index in [9.17, 15) is 0 Å². The van der Waals surface area contributed by atoms with Crippen molar-refractivity contribution in [2.24, 2.45) is 5.92 Å². The minimum absolute atomic E-state index is 0.410. The van der Waals surface area contributed by atoms with Gasteiger partial charge >= 0.3 is 8.80 Å². The molecular weight excluding hydrogens is 208 g/mol. The van der Waals surface area contributed by atoms with E-state index in [0.717, 1.165) is 12.5 Å². The second-order valence-electron chi connectivity index (χ2n) is 2.93. The van der Waals surface area contributed by atoms with Gasteiger partial charge in [0, 0.05) is 33.3 Å². The van der Waals surface area contributed by atoms with Gasteiger partial charge in [-0.15, -0.1) is 11.6 Å². The zero-order valence-corrected chi connectivity index (χ0v) is 10.6. The Labute approximate surface area is 86.7 Å². The zero-order valence-electron chi connectivity index (χ0n) is 8.80. The second-order valence-corrected chi connectivity index (χ2v) is 6.24. The summed E-state index contributed by atoms with van der Waals surface area (Å²) in [5.74, 6) is 1.04. The minimum atomic E-state index is -2.41. The first-order chi connectivity index (χ1) is 6.17. The monoisotopic (exact) mass is 226 g/mol. The Bertz CT molecular complexity index is 118. The quantitative estimate of drug-likeness (QED) is 0.492. The van der Waals surface area contributed by atoms with Crippen molar-refractivity contribution in [3.63, 3.8) is 0 Å². The van der Waals surface area contributed by atoms with Gasteiger partial charge in [0.15, 0.2) is 0 Å². The summed E-state index contributed by atoms with van der Waals surface area (Å²) in [6.45, 7) is 2.10. The molecule has 0 aromatic carbocycles. The predicted octanol–water partition coefficient (Wildman–Crippen LogP) is 2.13. The summed E-state index contributed by atoms with van der Waals surface area (Å²) in [6, 6.07) is 0.788. The molecule has 1 unspecified atom stereocenters. The largest absolute Gasteiger partial charge is 0.500 e. The molecule has 0 fully saturated rings. The Morgan fingerprint density at radius 1 is 1.15 bits per heavy atom. The van der Waals surface area contributed by atoms with E-state index in [1.54, 1.807) is 21.3 Å². The van der Waals surface area contributed by atoms with E-state index in [4.69, 9.17) is 24.9 Å². The third-order valence-electron chi connectivity index (χ3n) is 2.27. The van der Waals surface area contributed by atoms with Crippen molar-refractivity contribution in [1.29, 1.82) is 0 Å². The maximum atomic E-state index is 5.80. The second kappa shape index (κ2) is 6.78. The first-order valence-electron chi connectivity index (χ1n) is 4.39. The highest BCUT2D eigenvalue weighted by Gasteiger charge is 2.39. The van der Waals surface area contributed by atoms with Gasteiger partial charge in [0.25, 0.3) is 0 Å². The molecule has 0 aliphatic carbocycles. The molecule has 0 rings (SSSR count). The van der Waals surface area contributed by atoms with Crippen LogP contribution in [0.3, 0.4) is 0 Å². The SMILES string of the molecule is CCC(CCl)C[Si](OC)(OC)OC. The first kappa shape index (κ1) is 13.4. The smallest absolute Gasteiger partial charge is 0.377 e. The summed E-state index contributed by atoms with van der Waals surface area (Å²) in [4.78, 5) is 0. The van der Waals surface area contributed by atoms with Gasteiger partial charge in [0.05, 0.1) is 0 Å². The summed E-state index contributed by atoms with van der Waals surface area (Å²) in [7, 11) is 2.47. The van der Waals surface area contributed by atoms with Gasteiger partial charge in [-0.05, 0) is 5.92 Å². The van der Waals surface area contributed by atoms with Gasteiger partial charge in [-0.2, -0.15) is 0 Å². The molecule has 0 spiro atoms. The highest BCUT2D eigenvalue weighted by atomic mass is 35.5. The van der Waals surface area contributed by atoms with Crippen molar-refractivity contribution in [2.75, 3.05) is 27.2 Å². The van der Waals surface area contributed by atoms with Gasteiger partial charge in [0.2, 0.25) is 0 Å². The van der Waals surface area contributed by atoms with Crippen LogP contribution in [-0.2, 0) is 13.3 Å². The van der Waals surface area contributed by atoms with Crippen LogP contribution in [0.1, 0.15) is 13.3 Å². The van der Waals surface area contributed by atoms with Crippen molar-refractivity contribution >= 4 is 20.4 Å². The van der Waals surface area contributed by atoms with Gasteiger partial charge in [-0.3, -0.25) is 0 Å². The van der Waals surface area contributed by atoms with Crippen LogP contribution in [0.2, 0.25) is 6.04 Å². The van der Waals surface area contributed by atoms with Crippen molar-refractivity contribution in [2.45, 2.75) is 19.4 Å². The summed E-state index contributed by atoms with van der Waals surface area (Å²) in [5.41, 5.74) is 0. The fourth-order valence-corrected chi connectivity index (χ4v) is 3.81.